The molecule has 0 atom stereocenters. The van der Waals surface area contributed by atoms with Gasteiger partial charge in [-0.2, -0.15) is 0 Å². The molecular weight excluding hydrogens is 1110 g/mol. The fraction of sp³-hybridized carbons (Fsp3) is 0.133. The Morgan fingerprint density at radius 3 is 0.685 bits per heavy atom. The van der Waals surface area contributed by atoms with Crippen molar-refractivity contribution >= 4 is 34.1 Å². The number of fused-ring (bicyclic) bond motifs is 6. The first-order valence-electron chi connectivity index (χ1n) is 32.5. The van der Waals surface area contributed by atoms with Gasteiger partial charge in [-0.05, 0) is 201 Å². The lowest BCUT2D eigenvalue weighted by Crippen LogP contribution is -2.43. The summed E-state index contributed by atoms with van der Waals surface area (Å²) in [7, 11) is 0. The van der Waals surface area contributed by atoms with Crippen LogP contribution in [0.5, 0.6) is 0 Å². The Balaban J connectivity index is 0.000000161. The maximum atomic E-state index is 2.45. The quantitative estimate of drug-likeness (QED) is 0.127. The average molecular weight is 1190 g/mol. The van der Waals surface area contributed by atoms with Crippen molar-refractivity contribution in [3.8, 4) is 77.9 Å². The standard InChI is InChI=1S/C48H41N.C42H37N/c1-47(2)45-32-39(36-18-12-7-13-19-36)24-30-43(45)44-31-29-42(33-46(44)48(47,3)4)49(40-25-20-37(21-26-40)34-14-8-5-9-15-34)41-27-22-38(23-28-41)35-16-10-6-11-17-35;1-41(2)39-18-12-11-17-37(39)38-28-27-36(29-40(38)42(41,3)4)43(34-23-19-32(20-24-34)30-13-7-5-8-14-30)35-25-21-33(22-26-35)31-15-9-6-10-16-31/h5-33H,1-4H3;5-29H,1-4H3. The van der Waals surface area contributed by atoms with Crippen LogP contribution in [-0.4, -0.2) is 0 Å². The van der Waals surface area contributed by atoms with E-state index in [9.17, 15) is 0 Å². The van der Waals surface area contributed by atoms with Gasteiger partial charge in [0.2, 0.25) is 0 Å². The first-order chi connectivity index (χ1) is 44.7. The predicted molar refractivity (Wildman–Crippen MR) is 392 cm³/mol. The molecule has 13 aromatic carbocycles. The molecule has 15 rings (SSSR count). The van der Waals surface area contributed by atoms with Gasteiger partial charge in [-0.3, -0.25) is 0 Å². The molecule has 0 saturated carbocycles. The van der Waals surface area contributed by atoms with E-state index in [1.165, 1.54) is 106 Å². The zero-order valence-corrected chi connectivity index (χ0v) is 54.1. The molecule has 0 spiro atoms. The molecule has 0 amide bonds. The van der Waals surface area contributed by atoms with E-state index in [1.54, 1.807) is 0 Å². The summed E-state index contributed by atoms with van der Waals surface area (Å²) in [6.45, 7) is 19.3. The number of hydrogen-bond acceptors (Lipinski definition) is 2. The molecule has 0 saturated heterocycles. The lowest BCUT2D eigenvalue weighted by Gasteiger charge is -2.48. The van der Waals surface area contributed by atoms with Crippen LogP contribution >= 0.6 is 0 Å². The molecule has 0 aromatic heterocycles. The van der Waals surface area contributed by atoms with E-state index >= 15 is 0 Å². The summed E-state index contributed by atoms with van der Waals surface area (Å²) in [5.41, 5.74) is 29.8. The zero-order chi connectivity index (χ0) is 63.2. The van der Waals surface area contributed by atoms with Crippen molar-refractivity contribution in [3.63, 3.8) is 0 Å². The van der Waals surface area contributed by atoms with E-state index < -0.39 is 0 Å². The molecule has 448 valence electrons. The van der Waals surface area contributed by atoms with Crippen molar-refractivity contribution in [1.29, 1.82) is 0 Å². The van der Waals surface area contributed by atoms with Gasteiger partial charge >= 0.3 is 0 Å². The molecule has 0 aliphatic heterocycles. The van der Waals surface area contributed by atoms with Crippen molar-refractivity contribution in [1.82, 2.24) is 0 Å². The second kappa shape index (κ2) is 24.0. The van der Waals surface area contributed by atoms with Crippen LogP contribution < -0.4 is 9.80 Å². The molecule has 0 bridgehead atoms. The van der Waals surface area contributed by atoms with Crippen LogP contribution in [0.2, 0.25) is 0 Å². The maximum absolute atomic E-state index is 2.45. The Morgan fingerprint density at radius 2 is 0.370 bits per heavy atom. The first-order valence-corrected chi connectivity index (χ1v) is 32.5. The largest absolute Gasteiger partial charge is 0.310 e. The minimum atomic E-state index is -0.124. The van der Waals surface area contributed by atoms with Crippen molar-refractivity contribution in [2.75, 3.05) is 9.80 Å². The van der Waals surface area contributed by atoms with Gasteiger partial charge in [-0.25, -0.2) is 0 Å². The molecule has 2 heteroatoms. The Morgan fingerprint density at radius 1 is 0.163 bits per heavy atom. The summed E-state index contributed by atoms with van der Waals surface area (Å²) in [4.78, 5) is 4.80. The number of nitrogens with zero attached hydrogens (tertiary/aromatic N) is 2. The average Bonchev–Trinajstić information content (AvgIpc) is 0.720. The molecule has 0 unspecified atom stereocenters. The van der Waals surface area contributed by atoms with Crippen LogP contribution in [0.15, 0.2) is 328 Å². The monoisotopic (exact) mass is 1190 g/mol. The van der Waals surface area contributed by atoms with E-state index in [-0.39, 0.29) is 21.7 Å². The van der Waals surface area contributed by atoms with E-state index in [1.807, 2.05) is 0 Å². The molecule has 13 aromatic rings. The van der Waals surface area contributed by atoms with Crippen molar-refractivity contribution < 1.29 is 0 Å². The second-order valence-electron chi connectivity index (χ2n) is 27.0. The second-order valence-corrected chi connectivity index (χ2v) is 27.0. The third-order valence-corrected chi connectivity index (χ3v) is 20.9. The number of benzene rings is 13. The van der Waals surface area contributed by atoms with Gasteiger partial charge in [0.15, 0.2) is 0 Å². The van der Waals surface area contributed by atoms with Crippen LogP contribution in [0, 0.1) is 0 Å². The Kier molecular flexibility index (Phi) is 15.4. The van der Waals surface area contributed by atoms with Gasteiger partial charge in [-0.15, -0.1) is 0 Å². The van der Waals surface area contributed by atoms with E-state index in [0.717, 1.165) is 28.4 Å². The highest BCUT2D eigenvalue weighted by molar-refractivity contribution is 5.88. The van der Waals surface area contributed by atoms with Crippen molar-refractivity contribution in [2.45, 2.75) is 77.0 Å². The first kappa shape index (κ1) is 59.1. The highest BCUT2D eigenvalue weighted by Crippen LogP contribution is 2.57. The van der Waals surface area contributed by atoms with Crippen molar-refractivity contribution in [2.24, 2.45) is 0 Å². The summed E-state index contributed by atoms with van der Waals surface area (Å²) in [5, 5.41) is 0. The molecule has 2 aliphatic rings. The lowest BCUT2D eigenvalue weighted by atomic mass is 9.55. The Labute approximate surface area is 545 Å². The van der Waals surface area contributed by atoms with E-state index in [0.29, 0.717) is 0 Å². The smallest absolute Gasteiger partial charge is 0.0464 e. The molecule has 0 heterocycles. The zero-order valence-electron chi connectivity index (χ0n) is 54.1. The van der Waals surface area contributed by atoms with Crippen LogP contribution in [0.1, 0.15) is 77.6 Å². The molecule has 2 aliphatic carbocycles. The van der Waals surface area contributed by atoms with Crippen LogP contribution in [0.3, 0.4) is 0 Å². The van der Waals surface area contributed by atoms with E-state index in [4.69, 9.17) is 0 Å². The van der Waals surface area contributed by atoms with Gasteiger partial charge in [0.1, 0.15) is 0 Å². The molecular formula is C90H78N2. The SMILES string of the molecule is CC1(C)c2cc(-c3ccccc3)ccc2-c2ccc(N(c3ccc(-c4ccccc4)cc3)c3ccc(-c4ccccc4)cc3)cc2C1(C)C.CC1(C)c2ccccc2-c2ccc(N(c3ccc(-c4ccccc4)cc3)c3ccc(-c4ccccc4)cc3)cc2C1(C)C. The molecule has 0 N–H and O–H groups in total. The third kappa shape index (κ3) is 10.7. The molecule has 0 fully saturated rings. The normalized spacial score (nSPS) is 14.2. The van der Waals surface area contributed by atoms with Gasteiger partial charge < -0.3 is 9.80 Å². The minimum absolute atomic E-state index is 0.0191. The Hall–Kier alpha value is -10.5. The number of anilines is 6. The van der Waals surface area contributed by atoms with E-state index in [2.05, 4.69) is 393 Å². The van der Waals surface area contributed by atoms with Gasteiger partial charge in [0.05, 0.1) is 0 Å². The fourth-order valence-corrected chi connectivity index (χ4v) is 14.2. The number of hydrogen-bond donors (Lipinski definition) is 0. The summed E-state index contributed by atoms with van der Waals surface area (Å²) in [6.07, 6.45) is 0. The summed E-state index contributed by atoms with van der Waals surface area (Å²) < 4.78 is 0. The lowest BCUT2D eigenvalue weighted by molar-refractivity contribution is 0.299. The minimum Gasteiger partial charge on any atom is -0.310 e. The van der Waals surface area contributed by atoms with Gasteiger partial charge in [0.25, 0.3) is 0 Å². The van der Waals surface area contributed by atoms with Crippen LogP contribution in [0.4, 0.5) is 34.1 Å². The highest BCUT2D eigenvalue weighted by atomic mass is 15.1. The molecule has 92 heavy (non-hydrogen) atoms. The van der Waals surface area contributed by atoms with Crippen LogP contribution in [-0.2, 0) is 21.7 Å². The highest BCUT2D eigenvalue weighted by Gasteiger charge is 2.47. The summed E-state index contributed by atoms with van der Waals surface area (Å²) in [6, 6.07) is 119. The molecule has 0 radical (unpaired) electrons. The fourth-order valence-electron chi connectivity index (χ4n) is 14.2. The van der Waals surface area contributed by atoms with Gasteiger partial charge in [0, 0.05) is 34.1 Å². The topological polar surface area (TPSA) is 6.48 Å². The summed E-state index contributed by atoms with van der Waals surface area (Å²) in [5.74, 6) is 0. The molecule has 2 nitrogen and oxygen atoms in total. The van der Waals surface area contributed by atoms with Crippen LogP contribution in [0.25, 0.3) is 77.9 Å². The predicted octanol–water partition coefficient (Wildman–Crippen LogP) is 25.1. The van der Waals surface area contributed by atoms with Gasteiger partial charge in [-0.1, -0.05) is 304 Å². The third-order valence-electron chi connectivity index (χ3n) is 20.9. The number of rotatable bonds is 11. The summed E-state index contributed by atoms with van der Waals surface area (Å²) >= 11 is 0. The van der Waals surface area contributed by atoms with Crippen molar-refractivity contribution in [3.05, 3.63) is 350 Å². The maximum Gasteiger partial charge on any atom is 0.0464 e. The Bertz CT molecular complexity index is 4550.